The lowest BCUT2D eigenvalue weighted by molar-refractivity contribution is 0.291. The molecule has 0 saturated heterocycles. The second-order valence-corrected chi connectivity index (χ2v) is 7.37. The van der Waals surface area contributed by atoms with E-state index in [2.05, 4.69) is 59.4 Å². The minimum atomic E-state index is 0.599. The van der Waals surface area contributed by atoms with Crippen LogP contribution in [0, 0.1) is 11.8 Å². The van der Waals surface area contributed by atoms with Crippen molar-refractivity contribution in [1.29, 1.82) is 0 Å². The Balaban J connectivity index is 2.02. The van der Waals surface area contributed by atoms with Crippen molar-refractivity contribution in [2.24, 2.45) is 11.8 Å². The van der Waals surface area contributed by atoms with Gasteiger partial charge in [-0.05, 0) is 49.3 Å². The van der Waals surface area contributed by atoms with Crippen molar-refractivity contribution in [1.82, 2.24) is 5.32 Å². The summed E-state index contributed by atoms with van der Waals surface area (Å²) in [4.78, 5) is 0. The lowest BCUT2D eigenvalue weighted by Crippen LogP contribution is -2.33. The van der Waals surface area contributed by atoms with Gasteiger partial charge in [-0.2, -0.15) is 0 Å². The average molecular weight is 338 g/mol. The molecule has 0 heterocycles. The van der Waals surface area contributed by atoms with E-state index in [1.807, 2.05) is 0 Å². The maximum absolute atomic E-state index is 3.71. The van der Waals surface area contributed by atoms with E-state index in [0.717, 1.165) is 11.8 Å². The number of rotatable bonds is 5. The first-order valence-electron chi connectivity index (χ1n) is 8.13. The maximum atomic E-state index is 3.71. The second-order valence-electron chi connectivity index (χ2n) is 6.52. The highest BCUT2D eigenvalue weighted by molar-refractivity contribution is 9.10. The number of hydrogen-bond donors (Lipinski definition) is 1. The molecule has 1 N–H and O–H groups in total. The smallest absolute Gasteiger partial charge is 0.0207 e. The van der Waals surface area contributed by atoms with Crippen LogP contribution in [0.25, 0.3) is 0 Å². The van der Waals surface area contributed by atoms with Crippen LogP contribution in [0.15, 0.2) is 28.7 Å². The molecule has 1 saturated carbocycles. The number of nitrogens with one attached hydrogen (secondary N) is 1. The molecule has 2 rings (SSSR count). The van der Waals surface area contributed by atoms with Crippen molar-refractivity contribution in [3.8, 4) is 0 Å². The Bertz CT molecular complexity index is 402. The lowest BCUT2D eigenvalue weighted by Gasteiger charge is -2.27. The average Bonchev–Trinajstić information content (AvgIpc) is 2.64. The Morgan fingerprint density at radius 2 is 1.80 bits per heavy atom. The third kappa shape index (κ3) is 4.89. The van der Waals surface area contributed by atoms with Gasteiger partial charge in [0.05, 0.1) is 0 Å². The predicted molar refractivity (Wildman–Crippen MR) is 91.0 cm³/mol. The summed E-state index contributed by atoms with van der Waals surface area (Å²) < 4.78 is 1.28. The zero-order chi connectivity index (χ0) is 14.4. The number of halogens is 1. The SMILES string of the molecule is CC(C)NCC1CCCCCC1Cc1ccccc1Br. The molecular formula is C18H28BrN. The highest BCUT2D eigenvalue weighted by Gasteiger charge is 2.24. The Hall–Kier alpha value is -0.340. The lowest BCUT2D eigenvalue weighted by atomic mass is 9.83. The zero-order valence-electron chi connectivity index (χ0n) is 12.9. The molecule has 1 aliphatic rings. The van der Waals surface area contributed by atoms with Crippen LogP contribution in [0.4, 0.5) is 0 Å². The van der Waals surface area contributed by atoms with Crippen LogP contribution in [0.2, 0.25) is 0 Å². The molecule has 0 aromatic heterocycles. The molecular weight excluding hydrogens is 310 g/mol. The van der Waals surface area contributed by atoms with E-state index in [1.165, 1.54) is 55.1 Å². The van der Waals surface area contributed by atoms with E-state index in [1.54, 1.807) is 0 Å². The molecule has 1 fully saturated rings. The summed E-state index contributed by atoms with van der Waals surface area (Å²) in [5, 5.41) is 3.66. The van der Waals surface area contributed by atoms with E-state index in [0.29, 0.717) is 6.04 Å². The van der Waals surface area contributed by atoms with Gasteiger partial charge in [0.2, 0.25) is 0 Å². The summed E-state index contributed by atoms with van der Waals surface area (Å²) in [6, 6.07) is 9.33. The van der Waals surface area contributed by atoms with Crippen LogP contribution in [0.5, 0.6) is 0 Å². The van der Waals surface area contributed by atoms with Gasteiger partial charge in [0.1, 0.15) is 0 Å². The highest BCUT2D eigenvalue weighted by Crippen LogP contribution is 2.32. The summed E-state index contributed by atoms with van der Waals surface area (Å²) in [5.74, 6) is 1.68. The number of hydrogen-bond acceptors (Lipinski definition) is 1. The molecule has 0 aliphatic heterocycles. The van der Waals surface area contributed by atoms with Crippen LogP contribution in [-0.2, 0) is 6.42 Å². The summed E-state index contributed by atoms with van der Waals surface area (Å²) >= 11 is 3.71. The molecule has 1 aromatic carbocycles. The van der Waals surface area contributed by atoms with E-state index < -0.39 is 0 Å². The monoisotopic (exact) mass is 337 g/mol. The Labute approximate surface area is 132 Å². The maximum Gasteiger partial charge on any atom is 0.0207 e. The Morgan fingerprint density at radius 3 is 2.50 bits per heavy atom. The first kappa shape index (κ1) is 16.0. The van der Waals surface area contributed by atoms with Crippen molar-refractivity contribution in [2.45, 2.75) is 58.4 Å². The fourth-order valence-corrected chi connectivity index (χ4v) is 3.78. The zero-order valence-corrected chi connectivity index (χ0v) is 14.5. The minimum Gasteiger partial charge on any atom is -0.314 e. The van der Waals surface area contributed by atoms with Gasteiger partial charge in [-0.3, -0.25) is 0 Å². The van der Waals surface area contributed by atoms with Gasteiger partial charge in [-0.25, -0.2) is 0 Å². The highest BCUT2D eigenvalue weighted by atomic mass is 79.9. The van der Waals surface area contributed by atoms with Gasteiger partial charge in [-0.1, -0.05) is 67.2 Å². The molecule has 0 spiro atoms. The van der Waals surface area contributed by atoms with Gasteiger partial charge in [-0.15, -0.1) is 0 Å². The molecule has 1 aliphatic carbocycles. The van der Waals surface area contributed by atoms with Crippen LogP contribution >= 0.6 is 15.9 Å². The molecule has 0 amide bonds. The fourth-order valence-electron chi connectivity index (χ4n) is 3.33. The largest absolute Gasteiger partial charge is 0.314 e. The van der Waals surface area contributed by atoms with Gasteiger partial charge in [0.15, 0.2) is 0 Å². The predicted octanol–water partition coefficient (Wildman–Crippen LogP) is 5.19. The van der Waals surface area contributed by atoms with Gasteiger partial charge in [0.25, 0.3) is 0 Å². The van der Waals surface area contributed by atoms with Gasteiger partial charge in [0, 0.05) is 10.5 Å². The normalized spacial score (nSPS) is 23.8. The quantitative estimate of drug-likeness (QED) is 0.729. The van der Waals surface area contributed by atoms with Crippen molar-refractivity contribution < 1.29 is 0 Å². The fraction of sp³-hybridized carbons (Fsp3) is 0.667. The molecule has 2 heteroatoms. The van der Waals surface area contributed by atoms with E-state index in [-0.39, 0.29) is 0 Å². The van der Waals surface area contributed by atoms with Gasteiger partial charge >= 0.3 is 0 Å². The standard InChI is InChI=1S/C18H28BrN/c1-14(2)20-13-17-10-5-3-4-8-15(17)12-16-9-6-7-11-18(16)19/h6-7,9,11,14-15,17,20H,3-5,8,10,12-13H2,1-2H3. The molecule has 2 atom stereocenters. The first-order chi connectivity index (χ1) is 9.66. The molecule has 1 aromatic rings. The van der Waals surface area contributed by atoms with Crippen LogP contribution in [0.1, 0.15) is 51.5 Å². The van der Waals surface area contributed by atoms with E-state index in [4.69, 9.17) is 0 Å². The third-order valence-corrected chi connectivity index (χ3v) is 5.32. The van der Waals surface area contributed by atoms with E-state index >= 15 is 0 Å². The first-order valence-corrected chi connectivity index (χ1v) is 8.93. The minimum absolute atomic E-state index is 0.599. The summed E-state index contributed by atoms with van der Waals surface area (Å²) in [6.45, 7) is 5.69. The molecule has 1 nitrogen and oxygen atoms in total. The molecule has 0 radical (unpaired) electrons. The summed E-state index contributed by atoms with van der Waals surface area (Å²) in [6.07, 6.45) is 8.27. The molecule has 20 heavy (non-hydrogen) atoms. The second kappa shape index (κ2) is 8.19. The van der Waals surface area contributed by atoms with Crippen LogP contribution in [0.3, 0.4) is 0 Å². The van der Waals surface area contributed by atoms with E-state index in [9.17, 15) is 0 Å². The number of benzene rings is 1. The van der Waals surface area contributed by atoms with Crippen LogP contribution in [-0.4, -0.2) is 12.6 Å². The topological polar surface area (TPSA) is 12.0 Å². The molecule has 0 bridgehead atoms. The molecule has 112 valence electrons. The summed E-state index contributed by atoms with van der Waals surface area (Å²) in [5.41, 5.74) is 1.48. The summed E-state index contributed by atoms with van der Waals surface area (Å²) in [7, 11) is 0. The van der Waals surface area contributed by atoms with Crippen molar-refractivity contribution in [3.63, 3.8) is 0 Å². The van der Waals surface area contributed by atoms with Gasteiger partial charge < -0.3 is 5.32 Å². The van der Waals surface area contributed by atoms with Crippen molar-refractivity contribution >= 4 is 15.9 Å². The Morgan fingerprint density at radius 1 is 1.10 bits per heavy atom. The van der Waals surface area contributed by atoms with Crippen molar-refractivity contribution in [3.05, 3.63) is 34.3 Å². The van der Waals surface area contributed by atoms with Crippen LogP contribution < -0.4 is 5.32 Å². The van der Waals surface area contributed by atoms with Crippen molar-refractivity contribution in [2.75, 3.05) is 6.54 Å². The molecule has 2 unspecified atom stereocenters. The Kier molecular flexibility index (Phi) is 6.57. The third-order valence-electron chi connectivity index (χ3n) is 4.54.